The average Bonchev–Trinajstić information content (AvgIpc) is 3.12. The third kappa shape index (κ3) is 1.57. The first-order valence-corrected chi connectivity index (χ1v) is 7.93. The van der Waals surface area contributed by atoms with Crippen LogP contribution >= 0.6 is 0 Å². The maximum absolute atomic E-state index is 10.8. The normalized spacial score (nSPS) is 42.5. The van der Waals surface area contributed by atoms with Gasteiger partial charge in [0.1, 0.15) is 6.23 Å². The number of rotatable bonds is 1. The van der Waals surface area contributed by atoms with Crippen molar-refractivity contribution in [2.45, 2.75) is 36.3 Å². The van der Waals surface area contributed by atoms with E-state index in [9.17, 15) is 10.2 Å². The Hall–Kier alpha value is -1.60. The molecule has 3 heterocycles. The number of hydrogen-bond acceptors (Lipinski definition) is 6. The van der Waals surface area contributed by atoms with E-state index in [2.05, 4.69) is 6.08 Å². The lowest BCUT2D eigenvalue weighted by Gasteiger charge is -2.48. The van der Waals surface area contributed by atoms with E-state index in [1.54, 1.807) is 7.11 Å². The highest BCUT2D eigenvalue weighted by Gasteiger charge is 2.61. The molecule has 4 aliphatic rings. The van der Waals surface area contributed by atoms with Crippen molar-refractivity contribution in [2.24, 2.45) is 0 Å². The van der Waals surface area contributed by atoms with Crippen molar-refractivity contribution in [2.75, 3.05) is 20.4 Å². The van der Waals surface area contributed by atoms with Crippen LogP contribution < -0.4 is 9.47 Å². The fraction of sp³-hybridized carbons (Fsp3) is 0.529. The minimum Gasteiger partial charge on any atom is -0.454 e. The zero-order chi connectivity index (χ0) is 15.8. The molecule has 6 atom stereocenters. The Balaban J connectivity index is 1.75. The highest BCUT2D eigenvalue weighted by Crippen LogP contribution is 2.56. The molecule has 1 aliphatic carbocycles. The van der Waals surface area contributed by atoms with E-state index >= 15 is 0 Å². The highest BCUT2D eigenvalue weighted by atomic mass is 16.7. The number of aliphatic hydroxyl groups excluding tert-OH is 2. The Morgan fingerprint density at radius 1 is 1.26 bits per heavy atom. The van der Waals surface area contributed by atoms with Gasteiger partial charge in [0.25, 0.3) is 0 Å². The van der Waals surface area contributed by atoms with Crippen molar-refractivity contribution < 1.29 is 24.4 Å². The molecule has 1 aromatic carbocycles. The summed E-state index contributed by atoms with van der Waals surface area (Å²) in [5.41, 5.74) is 1.21. The zero-order valence-corrected chi connectivity index (χ0v) is 12.8. The Morgan fingerprint density at radius 3 is 2.83 bits per heavy atom. The monoisotopic (exact) mass is 317 g/mol. The second kappa shape index (κ2) is 4.48. The van der Waals surface area contributed by atoms with Gasteiger partial charge in [0, 0.05) is 25.3 Å². The lowest BCUT2D eigenvalue weighted by atomic mass is 9.65. The van der Waals surface area contributed by atoms with Crippen molar-refractivity contribution >= 4 is 0 Å². The molecule has 1 saturated heterocycles. The first kappa shape index (κ1) is 13.8. The second-order valence-corrected chi connectivity index (χ2v) is 6.70. The van der Waals surface area contributed by atoms with Crippen molar-refractivity contribution in [3.63, 3.8) is 0 Å². The van der Waals surface area contributed by atoms with Gasteiger partial charge in [0.05, 0.1) is 17.6 Å². The number of hydrogen-bond donors (Lipinski definition) is 2. The SMILES string of the molecule is CO[C@@H]1C=C[C@@]23c4cc5c(cc4C(O)N(C[C@@H]2O)[C@H]3C1)OCO5. The molecule has 2 bridgehead atoms. The summed E-state index contributed by atoms with van der Waals surface area (Å²) in [7, 11) is 1.69. The minimum absolute atomic E-state index is 0.00341. The van der Waals surface area contributed by atoms with Crippen LogP contribution in [0, 0.1) is 0 Å². The molecule has 122 valence electrons. The molecule has 2 unspecified atom stereocenters. The van der Waals surface area contributed by atoms with E-state index in [0.29, 0.717) is 18.0 Å². The predicted molar refractivity (Wildman–Crippen MR) is 80.3 cm³/mol. The molecule has 6 heteroatoms. The van der Waals surface area contributed by atoms with Gasteiger partial charge in [0.2, 0.25) is 6.79 Å². The lowest BCUT2D eigenvalue weighted by molar-refractivity contribution is -0.0399. The fourth-order valence-corrected chi connectivity index (χ4v) is 4.71. The standard InChI is InChI=1S/C17H19NO5/c1-21-9-2-3-17-11-6-13-12(22-8-23-13)5-10(11)16(20)18(7-15(17)19)14(17)4-9/h2-3,5-6,9,14-16,19-20H,4,7-8H2,1H3/t9-,14+,15+,16?,17+/m1/s1. The smallest absolute Gasteiger partial charge is 0.231 e. The van der Waals surface area contributed by atoms with E-state index < -0.39 is 17.7 Å². The van der Waals surface area contributed by atoms with Crippen LogP contribution in [0.1, 0.15) is 23.8 Å². The number of aliphatic hydroxyl groups is 2. The molecular weight excluding hydrogens is 298 g/mol. The summed E-state index contributed by atoms with van der Waals surface area (Å²) in [6, 6.07) is 3.79. The molecule has 0 aromatic heterocycles. The van der Waals surface area contributed by atoms with Crippen LogP contribution in [0.25, 0.3) is 0 Å². The van der Waals surface area contributed by atoms with Crippen molar-refractivity contribution in [3.05, 3.63) is 35.4 Å². The molecule has 6 nitrogen and oxygen atoms in total. The molecule has 5 rings (SSSR count). The Morgan fingerprint density at radius 2 is 2.04 bits per heavy atom. The van der Waals surface area contributed by atoms with Gasteiger partial charge in [-0.25, -0.2) is 0 Å². The Bertz CT molecular complexity index is 704. The van der Waals surface area contributed by atoms with Crippen molar-refractivity contribution in [1.29, 1.82) is 0 Å². The first-order valence-electron chi connectivity index (χ1n) is 7.93. The fourth-order valence-electron chi connectivity index (χ4n) is 4.71. The van der Waals surface area contributed by atoms with E-state index in [0.717, 1.165) is 17.5 Å². The van der Waals surface area contributed by atoms with Crippen LogP contribution in [-0.2, 0) is 10.2 Å². The summed E-state index contributed by atoms with van der Waals surface area (Å²) < 4.78 is 16.4. The van der Waals surface area contributed by atoms with Gasteiger partial charge in [-0.2, -0.15) is 0 Å². The minimum atomic E-state index is -0.751. The van der Waals surface area contributed by atoms with E-state index in [1.807, 2.05) is 23.1 Å². The Labute approximate surface area is 133 Å². The summed E-state index contributed by atoms with van der Waals surface area (Å²) in [5, 5.41) is 21.7. The molecule has 1 aromatic rings. The molecule has 0 amide bonds. The van der Waals surface area contributed by atoms with Gasteiger partial charge < -0.3 is 24.4 Å². The van der Waals surface area contributed by atoms with Gasteiger partial charge in [-0.3, -0.25) is 4.90 Å². The molecule has 0 saturated carbocycles. The summed E-state index contributed by atoms with van der Waals surface area (Å²) in [6.07, 6.45) is 3.51. The zero-order valence-electron chi connectivity index (χ0n) is 12.8. The maximum Gasteiger partial charge on any atom is 0.231 e. The number of fused-ring (bicyclic) bond motifs is 2. The molecular formula is C17H19NO5. The van der Waals surface area contributed by atoms with Gasteiger partial charge in [-0.15, -0.1) is 0 Å². The summed E-state index contributed by atoms with van der Waals surface area (Å²) in [5.74, 6) is 1.33. The van der Waals surface area contributed by atoms with Crippen LogP contribution in [-0.4, -0.2) is 53.8 Å². The lowest BCUT2D eigenvalue weighted by Crippen LogP contribution is -2.53. The van der Waals surface area contributed by atoms with Crippen LogP contribution in [0.5, 0.6) is 11.5 Å². The molecule has 23 heavy (non-hydrogen) atoms. The quantitative estimate of drug-likeness (QED) is 0.742. The van der Waals surface area contributed by atoms with Crippen LogP contribution in [0.4, 0.5) is 0 Å². The van der Waals surface area contributed by atoms with Gasteiger partial charge in [0.15, 0.2) is 11.5 Å². The first-order chi connectivity index (χ1) is 11.1. The summed E-state index contributed by atoms with van der Waals surface area (Å²) >= 11 is 0. The molecule has 3 aliphatic heterocycles. The largest absolute Gasteiger partial charge is 0.454 e. The summed E-state index contributed by atoms with van der Waals surface area (Å²) in [4.78, 5) is 1.98. The number of methoxy groups -OCH3 is 1. The average molecular weight is 317 g/mol. The topological polar surface area (TPSA) is 71.4 Å². The van der Waals surface area contributed by atoms with Gasteiger partial charge in [-0.1, -0.05) is 12.2 Å². The van der Waals surface area contributed by atoms with E-state index in [-0.39, 0.29) is 18.9 Å². The molecule has 1 fully saturated rings. The molecule has 0 spiro atoms. The van der Waals surface area contributed by atoms with Crippen LogP contribution in [0.2, 0.25) is 0 Å². The number of benzene rings is 1. The van der Waals surface area contributed by atoms with Gasteiger partial charge in [-0.05, 0) is 24.1 Å². The second-order valence-electron chi connectivity index (χ2n) is 6.70. The number of ether oxygens (including phenoxy) is 3. The van der Waals surface area contributed by atoms with Crippen molar-refractivity contribution in [3.8, 4) is 11.5 Å². The predicted octanol–water partition coefficient (Wildman–Crippen LogP) is 0.678. The van der Waals surface area contributed by atoms with Gasteiger partial charge >= 0.3 is 0 Å². The molecule has 0 radical (unpaired) electrons. The van der Waals surface area contributed by atoms with E-state index in [1.165, 1.54) is 0 Å². The summed E-state index contributed by atoms with van der Waals surface area (Å²) in [6.45, 7) is 0.631. The molecule has 2 N–H and O–H groups in total. The number of nitrogens with zero attached hydrogens (tertiary/aromatic N) is 1. The highest BCUT2D eigenvalue weighted by molar-refractivity contribution is 5.57. The van der Waals surface area contributed by atoms with Crippen molar-refractivity contribution in [1.82, 2.24) is 4.90 Å². The van der Waals surface area contributed by atoms with E-state index in [4.69, 9.17) is 14.2 Å². The van der Waals surface area contributed by atoms with Crippen LogP contribution in [0.3, 0.4) is 0 Å². The van der Waals surface area contributed by atoms with Crippen LogP contribution in [0.15, 0.2) is 24.3 Å². The third-order valence-corrected chi connectivity index (χ3v) is 5.84. The Kier molecular flexibility index (Phi) is 2.69. The third-order valence-electron chi connectivity index (χ3n) is 5.84. The maximum atomic E-state index is 10.8.